The van der Waals surface area contributed by atoms with Gasteiger partial charge in [0.25, 0.3) is 0 Å². The lowest BCUT2D eigenvalue weighted by Crippen LogP contribution is -2.40. The molecule has 0 aliphatic heterocycles. The molecule has 0 spiro atoms. The van der Waals surface area contributed by atoms with Crippen molar-refractivity contribution in [2.45, 2.75) is 6.54 Å². The van der Waals surface area contributed by atoms with E-state index in [1.54, 1.807) is 16.8 Å². The molecule has 2 aromatic rings. The number of nitrogens with one attached hydrogen (secondary N) is 1. The summed E-state index contributed by atoms with van der Waals surface area (Å²) in [6, 6.07) is 6.58. The molecule has 6 nitrogen and oxygen atoms in total. The van der Waals surface area contributed by atoms with E-state index >= 15 is 0 Å². The number of rotatable bonds is 4. The van der Waals surface area contributed by atoms with Gasteiger partial charge in [-0.3, -0.25) is 4.79 Å². The molecule has 0 bridgehead atoms. The van der Waals surface area contributed by atoms with Gasteiger partial charge < -0.3 is 15.2 Å². The van der Waals surface area contributed by atoms with Crippen molar-refractivity contribution in [2.24, 2.45) is 7.05 Å². The van der Waals surface area contributed by atoms with E-state index in [9.17, 15) is 9.90 Å². The molecule has 1 heterocycles. The van der Waals surface area contributed by atoms with Crippen LogP contribution in [-0.4, -0.2) is 22.8 Å². The van der Waals surface area contributed by atoms with Gasteiger partial charge in [-0.15, -0.1) is 4.68 Å². The summed E-state index contributed by atoms with van der Waals surface area (Å²) >= 11 is 0. The Morgan fingerprint density at radius 1 is 1.53 bits per heavy atom. The van der Waals surface area contributed by atoms with E-state index in [0.29, 0.717) is 11.4 Å². The molecule has 0 aliphatic rings. The van der Waals surface area contributed by atoms with Crippen LogP contribution >= 0.6 is 0 Å². The average Bonchev–Trinajstić information content (AvgIpc) is 2.75. The highest BCUT2D eigenvalue weighted by Gasteiger charge is 2.10. The molecule has 1 aromatic heterocycles. The number of aromatic nitrogens is 2. The number of amides is 1. The van der Waals surface area contributed by atoms with Gasteiger partial charge in [-0.1, -0.05) is 0 Å². The zero-order chi connectivity index (χ0) is 13.8. The maximum absolute atomic E-state index is 11.8. The number of carbonyl (C=O) groups excluding carboxylic acids is 1. The number of hydrogen-bond acceptors (Lipinski definition) is 3. The third-order valence-electron chi connectivity index (χ3n) is 2.73. The van der Waals surface area contributed by atoms with Crippen LogP contribution in [0.1, 0.15) is 0 Å². The fraction of sp³-hybridized carbons (Fsp3) is 0.231. The van der Waals surface area contributed by atoms with Gasteiger partial charge >= 0.3 is 0 Å². The number of benzene rings is 1. The average molecular weight is 262 g/mol. The fourth-order valence-electron chi connectivity index (χ4n) is 1.73. The van der Waals surface area contributed by atoms with Crippen LogP contribution in [-0.2, 0) is 18.4 Å². The Balaban J connectivity index is 2.03. The number of carbonyl (C=O) groups is 1. The zero-order valence-electron chi connectivity index (χ0n) is 10.8. The van der Waals surface area contributed by atoms with Gasteiger partial charge in [-0.2, -0.15) is 4.68 Å². The first-order valence-electron chi connectivity index (χ1n) is 5.78. The van der Waals surface area contributed by atoms with Crippen molar-refractivity contribution in [3.05, 3.63) is 36.7 Å². The Hall–Kier alpha value is -2.50. The van der Waals surface area contributed by atoms with Crippen LogP contribution in [0.15, 0.2) is 36.7 Å². The van der Waals surface area contributed by atoms with Crippen molar-refractivity contribution in [2.75, 3.05) is 12.4 Å². The number of hydrogen-bond donors (Lipinski definition) is 2. The highest BCUT2D eigenvalue weighted by Crippen LogP contribution is 2.28. The first kappa shape index (κ1) is 12.9. The molecule has 100 valence electrons. The van der Waals surface area contributed by atoms with Crippen LogP contribution in [0.4, 0.5) is 5.69 Å². The molecule has 0 radical (unpaired) electrons. The fourth-order valence-corrected chi connectivity index (χ4v) is 1.73. The predicted octanol–water partition coefficient (Wildman–Crippen LogP) is 0.665. The van der Waals surface area contributed by atoms with E-state index in [1.807, 2.05) is 30.2 Å². The third-order valence-corrected chi connectivity index (χ3v) is 2.73. The SMILES string of the molecule is COc1ccc(NC(=O)Cn2ccc[n+]2C)cc1O. The van der Waals surface area contributed by atoms with Gasteiger partial charge in [0, 0.05) is 17.8 Å². The van der Waals surface area contributed by atoms with Gasteiger partial charge in [0.05, 0.1) is 13.3 Å². The summed E-state index contributed by atoms with van der Waals surface area (Å²) in [7, 11) is 3.33. The summed E-state index contributed by atoms with van der Waals surface area (Å²) in [6.07, 6.45) is 3.66. The number of aromatic hydroxyl groups is 1. The lowest BCUT2D eigenvalue weighted by molar-refractivity contribution is -0.752. The normalized spacial score (nSPS) is 10.2. The minimum absolute atomic E-state index is 0.00757. The van der Waals surface area contributed by atoms with Crippen LogP contribution < -0.4 is 14.7 Å². The second-order valence-electron chi connectivity index (χ2n) is 4.10. The summed E-state index contributed by atoms with van der Waals surface area (Å²) in [5.74, 6) is 0.193. The Bertz CT molecular complexity index is 593. The molecule has 0 saturated carbocycles. The molecule has 2 rings (SSSR count). The van der Waals surface area contributed by atoms with E-state index in [1.165, 1.54) is 13.2 Å². The molecule has 0 atom stereocenters. The monoisotopic (exact) mass is 262 g/mol. The van der Waals surface area contributed by atoms with Gasteiger partial charge in [0.1, 0.15) is 0 Å². The summed E-state index contributed by atoms with van der Waals surface area (Å²) in [5, 5.41) is 12.3. The van der Waals surface area contributed by atoms with Crippen molar-refractivity contribution in [3.63, 3.8) is 0 Å². The Kier molecular flexibility index (Phi) is 3.70. The molecule has 1 amide bonds. The zero-order valence-corrected chi connectivity index (χ0v) is 10.8. The largest absolute Gasteiger partial charge is 0.504 e. The summed E-state index contributed by atoms with van der Waals surface area (Å²) in [6.45, 7) is 0.205. The van der Waals surface area contributed by atoms with E-state index in [2.05, 4.69) is 5.32 Å². The molecular formula is C13H16N3O3+. The third kappa shape index (κ3) is 3.04. The van der Waals surface area contributed by atoms with Crippen LogP contribution in [0.25, 0.3) is 0 Å². The molecular weight excluding hydrogens is 246 g/mol. The molecule has 0 saturated heterocycles. The molecule has 0 fully saturated rings. The molecule has 0 unspecified atom stereocenters. The summed E-state index contributed by atoms with van der Waals surface area (Å²) in [5.41, 5.74) is 0.526. The van der Waals surface area contributed by atoms with E-state index in [4.69, 9.17) is 4.74 Å². The Morgan fingerprint density at radius 3 is 2.89 bits per heavy atom. The number of methoxy groups -OCH3 is 1. The van der Waals surface area contributed by atoms with Crippen LogP contribution in [0.5, 0.6) is 11.5 Å². The van der Waals surface area contributed by atoms with Gasteiger partial charge in [-0.05, 0) is 12.1 Å². The number of phenolic OH excluding ortho intramolecular Hbond substituents is 1. The minimum atomic E-state index is -0.170. The first-order valence-corrected chi connectivity index (χ1v) is 5.78. The number of aryl methyl sites for hydroxylation is 1. The van der Waals surface area contributed by atoms with Crippen LogP contribution in [0.2, 0.25) is 0 Å². The maximum Gasteiger partial charge on any atom is 0.250 e. The van der Waals surface area contributed by atoms with Gasteiger partial charge in [-0.25, -0.2) is 0 Å². The van der Waals surface area contributed by atoms with Crippen LogP contribution in [0.3, 0.4) is 0 Å². The Morgan fingerprint density at radius 2 is 2.32 bits per heavy atom. The van der Waals surface area contributed by atoms with Crippen molar-refractivity contribution < 1.29 is 19.3 Å². The van der Waals surface area contributed by atoms with Gasteiger partial charge in [0.15, 0.2) is 31.3 Å². The molecule has 6 heteroatoms. The Labute approximate surface area is 110 Å². The van der Waals surface area contributed by atoms with Crippen molar-refractivity contribution in [3.8, 4) is 11.5 Å². The number of anilines is 1. The smallest absolute Gasteiger partial charge is 0.250 e. The van der Waals surface area contributed by atoms with Gasteiger partial charge in [0.2, 0.25) is 5.91 Å². The molecule has 2 N–H and O–H groups in total. The summed E-state index contributed by atoms with van der Waals surface area (Å²) < 4.78 is 8.51. The van der Waals surface area contributed by atoms with E-state index < -0.39 is 0 Å². The second kappa shape index (κ2) is 5.43. The number of ether oxygens (including phenoxy) is 1. The highest BCUT2D eigenvalue weighted by atomic mass is 16.5. The lowest BCUT2D eigenvalue weighted by atomic mass is 10.2. The minimum Gasteiger partial charge on any atom is -0.504 e. The first-order chi connectivity index (χ1) is 9.10. The van der Waals surface area contributed by atoms with Crippen molar-refractivity contribution in [1.82, 2.24) is 4.68 Å². The molecule has 19 heavy (non-hydrogen) atoms. The van der Waals surface area contributed by atoms with Crippen molar-refractivity contribution in [1.29, 1.82) is 0 Å². The van der Waals surface area contributed by atoms with Crippen LogP contribution in [0, 0.1) is 0 Å². The topological polar surface area (TPSA) is 67.4 Å². The standard InChI is InChI=1S/C13H15N3O3/c1-15-6-3-7-16(15)9-13(18)14-10-4-5-12(19-2)11(17)8-10/h3-8H,9H2,1-2H3,(H-,14,17,18)/p+1. The lowest BCUT2D eigenvalue weighted by Gasteiger charge is -2.07. The van der Waals surface area contributed by atoms with E-state index in [-0.39, 0.29) is 18.2 Å². The van der Waals surface area contributed by atoms with Crippen molar-refractivity contribution >= 4 is 11.6 Å². The number of phenols is 1. The summed E-state index contributed by atoms with van der Waals surface area (Å²) in [4.78, 5) is 11.8. The second-order valence-corrected chi connectivity index (χ2v) is 4.10. The highest BCUT2D eigenvalue weighted by molar-refractivity contribution is 5.90. The molecule has 1 aromatic carbocycles. The molecule has 0 aliphatic carbocycles. The quantitative estimate of drug-likeness (QED) is 0.796. The number of nitrogens with zero attached hydrogens (tertiary/aromatic N) is 2. The predicted molar refractivity (Wildman–Crippen MR) is 68.9 cm³/mol. The maximum atomic E-state index is 11.8. The van der Waals surface area contributed by atoms with E-state index in [0.717, 1.165) is 0 Å².